The molecule has 1 aliphatic rings. The molecule has 1 aromatic heterocycles. The van der Waals surface area contributed by atoms with Gasteiger partial charge in [0.1, 0.15) is 0 Å². The topological polar surface area (TPSA) is 17.8 Å². The molecule has 0 spiro atoms. The molecule has 47 valence electrons. The smallest absolute Gasteiger partial charge is 0.176 e. The van der Waals surface area contributed by atoms with Crippen molar-refractivity contribution in [3.8, 4) is 0 Å². The summed E-state index contributed by atoms with van der Waals surface area (Å²) in [6.07, 6.45) is 8.64. The number of rotatable bonds is 0. The van der Waals surface area contributed by atoms with Crippen LogP contribution in [0.15, 0.2) is 6.20 Å². The Kier molecular flexibility index (Phi) is 1.04. The van der Waals surface area contributed by atoms with E-state index in [1.165, 1.54) is 25.0 Å². The van der Waals surface area contributed by atoms with Crippen LogP contribution in [0, 0.1) is 6.33 Å². The van der Waals surface area contributed by atoms with Crippen molar-refractivity contribution >= 4 is 0 Å². The largest absolute Gasteiger partial charge is 0.326 e. The molecule has 1 aliphatic heterocycles. The van der Waals surface area contributed by atoms with Crippen LogP contribution >= 0.6 is 0 Å². The number of imidazole rings is 1. The summed E-state index contributed by atoms with van der Waals surface area (Å²) in [5, 5.41) is 0. The van der Waals surface area contributed by atoms with Gasteiger partial charge in [-0.15, -0.1) is 0 Å². The predicted octanol–water partition coefficient (Wildman–Crippen LogP) is 1.02. The normalized spacial score (nSPS) is 17.3. The van der Waals surface area contributed by atoms with Crippen molar-refractivity contribution in [2.24, 2.45) is 0 Å². The van der Waals surface area contributed by atoms with Gasteiger partial charge in [-0.05, 0) is 19.3 Å². The molecule has 0 fully saturated rings. The van der Waals surface area contributed by atoms with E-state index in [1.807, 2.05) is 6.20 Å². The summed E-state index contributed by atoms with van der Waals surface area (Å²) in [5.41, 5.74) is 1.35. The maximum Gasteiger partial charge on any atom is 0.176 e. The molecule has 2 heteroatoms. The van der Waals surface area contributed by atoms with Crippen molar-refractivity contribution in [3.63, 3.8) is 0 Å². The van der Waals surface area contributed by atoms with Crippen molar-refractivity contribution in [1.82, 2.24) is 9.55 Å². The van der Waals surface area contributed by atoms with Crippen LogP contribution in [0.3, 0.4) is 0 Å². The molecule has 0 N–H and O–H groups in total. The van der Waals surface area contributed by atoms with Crippen LogP contribution in [0.1, 0.15) is 18.5 Å². The maximum atomic E-state index is 3.94. The highest BCUT2D eigenvalue weighted by Crippen LogP contribution is 2.11. The van der Waals surface area contributed by atoms with Gasteiger partial charge in [-0.2, -0.15) is 0 Å². The number of hydrogen-bond donors (Lipinski definition) is 0. The van der Waals surface area contributed by atoms with Gasteiger partial charge in [-0.1, -0.05) is 0 Å². The van der Waals surface area contributed by atoms with E-state index in [0.29, 0.717) is 0 Å². The second-order valence-electron chi connectivity index (χ2n) is 2.46. The first kappa shape index (κ1) is 5.03. The molecule has 2 heterocycles. The molecule has 1 aromatic rings. The number of nitrogens with zero attached hydrogens (tertiary/aromatic N) is 2. The van der Waals surface area contributed by atoms with Gasteiger partial charge in [0, 0.05) is 18.4 Å². The monoisotopic (exact) mass is 121 g/mol. The first-order valence-electron chi connectivity index (χ1n) is 3.39. The number of aryl methyl sites for hydroxylation is 2. The first-order valence-corrected chi connectivity index (χ1v) is 3.39. The maximum absolute atomic E-state index is 3.94. The number of hydrogen-bond acceptors (Lipinski definition) is 1. The van der Waals surface area contributed by atoms with Crippen LogP contribution < -0.4 is 0 Å². The highest BCUT2D eigenvalue weighted by atomic mass is 15.0. The van der Waals surface area contributed by atoms with Gasteiger partial charge >= 0.3 is 0 Å². The van der Waals surface area contributed by atoms with E-state index in [2.05, 4.69) is 15.9 Å². The van der Waals surface area contributed by atoms with Crippen LogP contribution in [0.25, 0.3) is 0 Å². The van der Waals surface area contributed by atoms with Crippen LogP contribution in [-0.2, 0) is 13.0 Å². The van der Waals surface area contributed by atoms with Crippen molar-refractivity contribution in [3.05, 3.63) is 18.2 Å². The predicted molar refractivity (Wildman–Crippen MR) is 34.0 cm³/mol. The second kappa shape index (κ2) is 1.87. The summed E-state index contributed by atoms with van der Waals surface area (Å²) in [7, 11) is 0. The molecule has 0 amide bonds. The fourth-order valence-corrected chi connectivity index (χ4v) is 1.28. The zero-order chi connectivity index (χ0) is 6.10. The third-order valence-corrected chi connectivity index (χ3v) is 1.80. The Morgan fingerprint density at radius 1 is 1.56 bits per heavy atom. The lowest BCUT2D eigenvalue weighted by molar-refractivity contribution is 0.529. The Morgan fingerprint density at radius 2 is 2.56 bits per heavy atom. The highest BCUT2D eigenvalue weighted by molar-refractivity contribution is 4.99. The van der Waals surface area contributed by atoms with Crippen molar-refractivity contribution < 1.29 is 0 Å². The van der Waals surface area contributed by atoms with E-state index in [0.717, 1.165) is 6.54 Å². The average molecular weight is 121 g/mol. The molecular weight excluding hydrogens is 112 g/mol. The van der Waals surface area contributed by atoms with Crippen molar-refractivity contribution in [1.29, 1.82) is 0 Å². The quantitative estimate of drug-likeness (QED) is 0.501. The molecule has 0 aliphatic carbocycles. The lowest BCUT2D eigenvalue weighted by atomic mass is 10.1. The molecule has 1 radical (unpaired) electrons. The number of fused-ring (bicyclic) bond motifs is 1. The van der Waals surface area contributed by atoms with Gasteiger partial charge in [0.05, 0.1) is 0 Å². The molecule has 2 rings (SSSR count). The molecule has 0 bridgehead atoms. The fraction of sp³-hybridized carbons (Fsp3) is 0.571. The van der Waals surface area contributed by atoms with E-state index in [9.17, 15) is 0 Å². The third-order valence-electron chi connectivity index (χ3n) is 1.80. The van der Waals surface area contributed by atoms with Crippen LogP contribution in [0.2, 0.25) is 0 Å². The Bertz CT molecular complexity index is 182. The van der Waals surface area contributed by atoms with Gasteiger partial charge < -0.3 is 4.57 Å². The second-order valence-corrected chi connectivity index (χ2v) is 2.46. The minimum atomic E-state index is 1.12. The lowest BCUT2D eigenvalue weighted by Crippen LogP contribution is -2.08. The summed E-state index contributed by atoms with van der Waals surface area (Å²) in [5.74, 6) is 0. The Hall–Kier alpha value is -0.790. The van der Waals surface area contributed by atoms with Gasteiger partial charge in [-0.25, -0.2) is 4.98 Å². The Balaban J connectivity index is 2.39. The lowest BCUT2D eigenvalue weighted by Gasteiger charge is -2.11. The summed E-state index contributed by atoms with van der Waals surface area (Å²) in [6, 6.07) is 0. The van der Waals surface area contributed by atoms with Gasteiger partial charge in [0.25, 0.3) is 0 Å². The third kappa shape index (κ3) is 0.745. The zero-order valence-electron chi connectivity index (χ0n) is 5.30. The van der Waals surface area contributed by atoms with E-state index in [1.54, 1.807) is 0 Å². The van der Waals surface area contributed by atoms with Crippen LogP contribution in [0.4, 0.5) is 0 Å². The first-order chi connectivity index (χ1) is 4.47. The van der Waals surface area contributed by atoms with Gasteiger partial charge in [-0.3, -0.25) is 0 Å². The summed E-state index contributed by atoms with van der Waals surface area (Å²) < 4.78 is 2.11. The highest BCUT2D eigenvalue weighted by Gasteiger charge is 2.06. The number of aromatic nitrogens is 2. The molecule has 2 nitrogen and oxygen atoms in total. The Morgan fingerprint density at radius 3 is 3.44 bits per heavy atom. The molecular formula is C7H9N2. The summed E-state index contributed by atoms with van der Waals surface area (Å²) in [4.78, 5) is 3.94. The summed E-state index contributed by atoms with van der Waals surface area (Å²) >= 11 is 0. The summed E-state index contributed by atoms with van der Waals surface area (Å²) in [6.45, 7) is 1.12. The molecule has 0 atom stereocenters. The standard InChI is InChI=1S/C7H9N2/c1-2-4-9-6-8-5-7(9)3-1/h5H,1-4H2. The average Bonchev–Trinajstić information content (AvgIpc) is 2.33. The van der Waals surface area contributed by atoms with Gasteiger partial charge in [0.2, 0.25) is 0 Å². The van der Waals surface area contributed by atoms with E-state index in [-0.39, 0.29) is 0 Å². The molecule has 0 unspecified atom stereocenters. The Labute approximate surface area is 54.5 Å². The SMILES string of the molecule is [c]1ncc2n1CCCC2. The molecule has 9 heavy (non-hydrogen) atoms. The molecule has 0 saturated heterocycles. The van der Waals surface area contributed by atoms with E-state index in [4.69, 9.17) is 0 Å². The van der Waals surface area contributed by atoms with Crippen LogP contribution in [-0.4, -0.2) is 9.55 Å². The molecule has 0 aromatic carbocycles. The minimum absolute atomic E-state index is 1.12. The van der Waals surface area contributed by atoms with Gasteiger partial charge in [0.15, 0.2) is 6.33 Å². The van der Waals surface area contributed by atoms with Crippen molar-refractivity contribution in [2.45, 2.75) is 25.8 Å². The molecule has 0 saturated carbocycles. The van der Waals surface area contributed by atoms with Crippen LogP contribution in [0.5, 0.6) is 0 Å². The zero-order valence-corrected chi connectivity index (χ0v) is 5.30. The minimum Gasteiger partial charge on any atom is -0.326 e. The van der Waals surface area contributed by atoms with Crippen molar-refractivity contribution in [2.75, 3.05) is 0 Å². The van der Waals surface area contributed by atoms with E-state index >= 15 is 0 Å². The fourth-order valence-electron chi connectivity index (χ4n) is 1.28. The van der Waals surface area contributed by atoms with E-state index < -0.39 is 0 Å².